The van der Waals surface area contributed by atoms with Gasteiger partial charge in [-0.1, -0.05) is 77.9 Å². The molecule has 1 amide bonds. The first kappa shape index (κ1) is 32.2. The smallest absolute Gasteiger partial charge is 0.223 e. The lowest BCUT2D eigenvalue weighted by atomic mass is 9.72. The second-order valence-electron chi connectivity index (χ2n) is 14.3. The van der Waals surface area contributed by atoms with Crippen LogP contribution in [0, 0.1) is 10.8 Å². The van der Waals surface area contributed by atoms with Gasteiger partial charge >= 0.3 is 0 Å². The van der Waals surface area contributed by atoms with Gasteiger partial charge in [0.15, 0.2) is 0 Å². The van der Waals surface area contributed by atoms with Gasteiger partial charge in [-0.2, -0.15) is 0 Å². The average Bonchev–Trinajstić information content (AvgIpc) is 3.00. The Morgan fingerprint density at radius 2 is 1.20 bits per heavy atom. The van der Waals surface area contributed by atoms with E-state index in [0.717, 1.165) is 48.2 Å². The molecule has 0 saturated heterocycles. The van der Waals surface area contributed by atoms with Crippen LogP contribution in [0.5, 0.6) is 23.0 Å². The summed E-state index contributed by atoms with van der Waals surface area (Å²) in [5.41, 5.74) is 5.26. The number of hydrogen-bond acceptors (Lipinski definition) is 4. The summed E-state index contributed by atoms with van der Waals surface area (Å²) in [4.78, 5) is 13.9. The van der Waals surface area contributed by atoms with Crippen LogP contribution in [0.1, 0.15) is 85.7 Å². The SMILES string of the molecule is CC(=O)N1CCC(C(C)(C)C)c2cc(Oc3ccccc3)ccc21.CC(C)(C)C1CCNc2ccc(Oc3ccccc3)cc21.[HH]. The Morgan fingerprint density at radius 1 is 0.689 bits per heavy atom. The molecule has 6 rings (SSSR count). The molecule has 4 aromatic carbocycles. The minimum atomic E-state index is 0. The predicted molar refractivity (Wildman–Crippen MR) is 188 cm³/mol. The normalized spacial score (nSPS) is 17.5. The topological polar surface area (TPSA) is 50.8 Å². The van der Waals surface area contributed by atoms with Crippen LogP contribution in [-0.2, 0) is 4.79 Å². The number of fused-ring (bicyclic) bond motifs is 2. The van der Waals surface area contributed by atoms with E-state index < -0.39 is 0 Å². The highest BCUT2D eigenvalue weighted by Crippen LogP contribution is 2.47. The lowest BCUT2D eigenvalue weighted by Gasteiger charge is -2.40. The Kier molecular flexibility index (Phi) is 9.57. The van der Waals surface area contributed by atoms with E-state index in [4.69, 9.17) is 9.47 Å². The van der Waals surface area contributed by atoms with Crippen LogP contribution in [-0.4, -0.2) is 19.0 Å². The molecule has 238 valence electrons. The Labute approximate surface area is 271 Å². The van der Waals surface area contributed by atoms with Gasteiger partial charge in [0.2, 0.25) is 5.91 Å². The minimum absolute atomic E-state index is 0. The third-order valence-corrected chi connectivity index (χ3v) is 8.88. The van der Waals surface area contributed by atoms with E-state index >= 15 is 0 Å². The number of benzene rings is 4. The summed E-state index contributed by atoms with van der Waals surface area (Å²) >= 11 is 0. The quantitative estimate of drug-likeness (QED) is 0.251. The monoisotopic (exact) mass is 606 g/mol. The molecule has 2 heterocycles. The molecule has 2 aliphatic heterocycles. The molecule has 5 nitrogen and oxygen atoms in total. The maximum atomic E-state index is 12.0. The first-order valence-electron chi connectivity index (χ1n) is 16.2. The molecule has 0 saturated carbocycles. The van der Waals surface area contributed by atoms with Crippen LogP contribution in [0.15, 0.2) is 97.1 Å². The predicted octanol–water partition coefficient (Wildman–Crippen LogP) is 11.0. The van der Waals surface area contributed by atoms with Crippen molar-refractivity contribution in [3.8, 4) is 23.0 Å². The second kappa shape index (κ2) is 13.4. The molecule has 45 heavy (non-hydrogen) atoms. The highest BCUT2D eigenvalue weighted by Gasteiger charge is 2.35. The van der Waals surface area contributed by atoms with E-state index in [0.29, 0.717) is 11.8 Å². The standard InChI is InChI=1S/C21H25NO2.C19H23NO.H2/c1-15(23)22-13-12-19(21(2,3)4)18-14-17(10-11-20(18)22)24-16-8-6-5-7-9-16;1-19(2,3)17-11-12-20-18-10-9-15(13-16(17)18)21-14-7-5-4-6-8-14;/h5-11,14,19H,12-13H2,1-4H3;4-10,13,17,20H,11-12H2,1-3H3;1H. The van der Waals surface area contributed by atoms with Crippen molar-refractivity contribution >= 4 is 17.3 Å². The molecule has 1 N–H and O–H groups in total. The molecule has 0 aliphatic carbocycles. The highest BCUT2D eigenvalue weighted by atomic mass is 16.5. The molecular weight excluding hydrogens is 556 g/mol. The average molecular weight is 607 g/mol. The van der Waals surface area contributed by atoms with Crippen LogP contribution in [0.2, 0.25) is 0 Å². The van der Waals surface area contributed by atoms with Crippen LogP contribution in [0.25, 0.3) is 0 Å². The van der Waals surface area contributed by atoms with Crippen molar-refractivity contribution in [2.45, 2.75) is 73.1 Å². The van der Waals surface area contributed by atoms with E-state index in [1.807, 2.05) is 83.8 Å². The zero-order valence-electron chi connectivity index (χ0n) is 27.9. The van der Waals surface area contributed by atoms with Crippen molar-refractivity contribution in [3.63, 3.8) is 0 Å². The molecule has 0 radical (unpaired) electrons. The van der Waals surface area contributed by atoms with Crippen LogP contribution in [0.4, 0.5) is 11.4 Å². The number of para-hydroxylation sites is 2. The number of rotatable bonds is 4. The summed E-state index contributed by atoms with van der Waals surface area (Å²) in [7, 11) is 0. The van der Waals surface area contributed by atoms with Gasteiger partial charge in [-0.3, -0.25) is 4.79 Å². The Balaban J connectivity index is 0.000000206. The van der Waals surface area contributed by atoms with Crippen molar-refractivity contribution in [1.29, 1.82) is 0 Å². The van der Waals surface area contributed by atoms with Crippen molar-refractivity contribution < 1.29 is 15.7 Å². The van der Waals surface area contributed by atoms with Crippen molar-refractivity contribution in [2.75, 3.05) is 23.3 Å². The molecule has 2 aliphatic rings. The lowest BCUT2D eigenvalue weighted by Crippen LogP contribution is -2.37. The Morgan fingerprint density at radius 3 is 1.73 bits per heavy atom. The lowest BCUT2D eigenvalue weighted by molar-refractivity contribution is -0.116. The van der Waals surface area contributed by atoms with Gasteiger partial charge in [-0.05, 0) is 107 Å². The van der Waals surface area contributed by atoms with Crippen LogP contribution in [0.3, 0.4) is 0 Å². The maximum Gasteiger partial charge on any atom is 0.223 e. The number of hydrogen-bond donors (Lipinski definition) is 1. The zero-order valence-corrected chi connectivity index (χ0v) is 27.9. The second-order valence-corrected chi connectivity index (χ2v) is 14.3. The Hall–Kier alpha value is -4.25. The van der Waals surface area contributed by atoms with Crippen molar-refractivity contribution in [3.05, 3.63) is 108 Å². The van der Waals surface area contributed by atoms with Gasteiger partial charge in [-0.25, -0.2) is 0 Å². The number of nitrogens with one attached hydrogen (secondary N) is 1. The summed E-state index contributed by atoms with van der Waals surface area (Å²) in [5, 5.41) is 3.50. The number of nitrogens with zero attached hydrogens (tertiary/aromatic N) is 1. The van der Waals surface area contributed by atoms with E-state index in [-0.39, 0.29) is 18.2 Å². The van der Waals surface area contributed by atoms with Crippen LogP contribution < -0.4 is 19.7 Å². The first-order valence-corrected chi connectivity index (χ1v) is 16.2. The van der Waals surface area contributed by atoms with Gasteiger partial charge < -0.3 is 19.7 Å². The molecule has 0 bridgehead atoms. The molecule has 0 spiro atoms. The number of amides is 1. The van der Waals surface area contributed by atoms with E-state index in [1.165, 1.54) is 23.2 Å². The highest BCUT2D eigenvalue weighted by molar-refractivity contribution is 5.93. The van der Waals surface area contributed by atoms with Crippen molar-refractivity contribution in [2.24, 2.45) is 10.8 Å². The fraction of sp³-hybridized carbons (Fsp3) is 0.375. The van der Waals surface area contributed by atoms with Gasteiger partial charge in [0, 0.05) is 32.8 Å². The third kappa shape index (κ3) is 7.89. The molecule has 0 aromatic heterocycles. The number of carbonyl (C=O) groups excluding carboxylic acids is 1. The third-order valence-electron chi connectivity index (χ3n) is 8.88. The van der Waals surface area contributed by atoms with E-state index in [9.17, 15) is 4.79 Å². The maximum absolute atomic E-state index is 12.0. The number of ether oxygens (including phenoxy) is 2. The summed E-state index contributed by atoms with van der Waals surface area (Å²) in [5.74, 6) is 4.51. The van der Waals surface area contributed by atoms with Gasteiger partial charge in [-0.15, -0.1) is 0 Å². The first-order chi connectivity index (χ1) is 21.4. The molecule has 5 heteroatoms. The summed E-state index contributed by atoms with van der Waals surface area (Å²) in [6.45, 7) is 17.2. The molecular formula is C40H50N2O3. The largest absolute Gasteiger partial charge is 0.457 e. The number of anilines is 2. The van der Waals surface area contributed by atoms with E-state index in [1.54, 1.807) is 6.92 Å². The Bertz CT molecular complexity index is 1590. The zero-order chi connectivity index (χ0) is 32.2. The summed E-state index contributed by atoms with van der Waals surface area (Å²) in [6, 6.07) is 32.2. The summed E-state index contributed by atoms with van der Waals surface area (Å²) < 4.78 is 12.0. The van der Waals surface area contributed by atoms with Crippen molar-refractivity contribution in [1.82, 2.24) is 0 Å². The molecule has 2 unspecified atom stereocenters. The molecule has 2 atom stereocenters. The van der Waals surface area contributed by atoms with Crippen LogP contribution >= 0.6 is 0 Å². The fourth-order valence-electron chi connectivity index (χ4n) is 6.59. The molecule has 0 fully saturated rings. The molecule has 4 aromatic rings. The van der Waals surface area contributed by atoms with Gasteiger partial charge in [0.1, 0.15) is 23.0 Å². The number of carbonyl (C=O) groups is 1. The van der Waals surface area contributed by atoms with Gasteiger partial charge in [0.25, 0.3) is 0 Å². The van der Waals surface area contributed by atoms with Gasteiger partial charge in [0.05, 0.1) is 0 Å². The fourth-order valence-corrected chi connectivity index (χ4v) is 6.59. The van der Waals surface area contributed by atoms with E-state index in [2.05, 4.69) is 65.1 Å². The minimum Gasteiger partial charge on any atom is -0.457 e. The summed E-state index contributed by atoms with van der Waals surface area (Å²) in [6.07, 6.45) is 2.15.